The first-order valence-electron chi connectivity index (χ1n) is 17.0. The molecule has 0 radical (unpaired) electrons. The highest BCUT2D eigenvalue weighted by Crippen LogP contribution is 2.38. The van der Waals surface area contributed by atoms with Gasteiger partial charge >= 0.3 is 12.2 Å². The predicted molar refractivity (Wildman–Crippen MR) is 186 cm³/mol. The average Bonchev–Trinajstić information content (AvgIpc) is 3.85. The Labute approximate surface area is 283 Å². The zero-order valence-corrected chi connectivity index (χ0v) is 29.2. The minimum atomic E-state index is -0.536. The van der Waals surface area contributed by atoms with Crippen LogP contribution in [0.1, 0.15) is 97.3 Å². The third-order valence-corrected chi connectivity index (χ3v) is 9.12. The van der Waals surface area contributed by atoms with Crippen molar-refractivity contribution in [3.63, 3.8) is 0 Å². The molecule has 254 valence electrons. The van der Waals surface area contributed by atoms with Crippen LogP contribution >= 0.6 is 0 Å². The molecule has 3 atom stereocenters. The van der Waals surface area contributed by atoms with Crippen LogP contribution in [0, 0.1) is 0 Å². The van der Waals surface area contributed by atoms with Gasteiger partial charge in [0.1, 0.15) is 22.9 Å². The third-order valence-electron chi connectivity index (χ3n) is 9.12. The van der Waals surface area contributed by atoms with Crippen molar-refractivity contribution in [1.29, 1.82) is 0 Å². The Morgan fingerprint density at radius 2 is 1.25 bits per heavy atom. The number of rotatable bonds is 6. The molecule has 2 aromatic carbocycles. The first-order chi connectivity index (χ1) is 22.8. The summed E-state index contributed by atoms with van der Waals surface area (Å²) in [5, 5.41) is 0. The van der Waals surface area contributed by atoms with E-state index < -0.39 is 11.2 Å². The zero-order chi connectivity index (χ0) is 34.2. The lowest BCUT2D eigenvalue weighted by Gasteiger charge is -2.31. The molecule has 0 bridgehead atoms. The lowest BCUT2D eigenvalue weighted by molar-refractivity contribution is 0.0204. The average molecular weight is 653 g/mol. The van der Waals surface area contributed by atoms with Gasteiger partial charge < -0.3 is 24.3 Å². The maximum Gasteiger partial charge on any atom is 0.410 e. The van der Waals surface area contributed by atoms with E-state index >= 15 is 0 Å². The number of carbonyl (C=O) groups is 2. The number of nitrogens with one attached hydrogen (secondary N) is 2. The highest BCUT2D eigenvalue weighted by atomic mass is 16.6. The molecule has 48 heavy (non-hydrogen) atoms. The molecule has 10 nitrogen and oxygen atoms in total. The number of benzene rings is 2. The number of hydrogen-bond donors (Lipinski definition) is 2. The van der Waals surface area contributed by atoms with E-state index in [2.05, 4.69) is 63.5 Å². The van der Waals surface area contributed by atoms with Crippen LogP contribution in [-0.4, -0.2) is 72.8 Å². The second kappa shape index (κ2) is 13.1. The summed E-state index contributed by atoms with van der Waals surface area (Å²) in [6.07, 6.45) is 7.86. The molecule has 2 aliphatic rings. The van der Waals surface area contributed by atoms with Gasteiger partial charge in [0, 0.05) is 25.6 Å². The first kappa shape index (κ1) is 33.3. The van der Waals surface area contributed by atoms with E-state index in [-0.39, 0.29) is 30.2 Å². The fraction of sp³-hybridized carbons (Fsp3) is 0.474. The molecule has 10 heteroatoms. The van der Waals surface area contributed by atoms with Gasteiger partial charge in [-0.1, -0.05) is 55.0 Å². The Morgan fingerprint density at radius 3 is 1.81 bits per heavy atom. The smallest absolute Gasteiger partial charge is 0.410 e. The van der Waals surface area contributed by atoms with Crippen LogP contribution < -0.4 is 0 Å². The summed E-state index contributed by atoms with van der Waals surface area (Å²) >= 11 is 0. The molecular formula is C38H48N6O4. The molecule has 0 spiro atoms. The van der Waals surface area contributed by atoms with Crippen molar-refractivity contribution in [2.24, 2.45) is 0 Å². The number of likely N-dealkylation sites (N-methyl/N-ethyl adjacent to an activating group) is 1. The summed E-state index contributed by atoms with van der Waals surface area (Å²) in [7, 11) is 1.83. The molecule has 3 heterocycles. The fourth-order valence-corrected chi connectivity index (χ4v) is 6.79. The number of imidazole rings is 2. The molecule has 2 N–H and O–H groups in total. The fourth-order valence-electron chi connectivity index (χ4n) is 6.79. The van der Waals surface area contributed by atoms with E-state index in [4.69, 9.17) is 14.5 Å². The lowest BCUT2D eigenvalue weighted by Crippen LogP contribution is -2.42. The molecule has 1 saturated carbocycles. The van der Waals surface area contributed by atoms with Gasteiger partial charge in [-0.2, -0.15) is 0 Å². The summed E-state index contributed by atoms with van der Waals surface area (Å²) in [5.41, 5.74) is 5.12. The first-order valence-corrected chi connectivity index (χ1v) is 17.0. The number of nitrogens with zero attached hydrogens (tertiary/aromatic N) is 4. The monoisotopic (exact) mass is 652 g/mol. The van der Waals surface area contributed by atoms with Crippen LogP contribution in [-0.2, 0) is 9.47 Å². The lowest BCUT2D eigenvalue weighted by atomic mass is 10.0. The summed E-state index contributed by atoms with van der Waals surface area (Å²) in [6.45, 7) is 12.0. The van der Waals surface area contributed by atoms with Crippen LogP contribution in [0.15, 0.2) is 60.9 Å². The zero-order valence-electron chi connectivity index (χ0n) is 29.2. The normalized spacial score (nSPS) is 19.8. The van der Waals surface area contributed by atoms with Crippen molar-refractivity contribution in [1.82, 2.24) is 29.7 Å². The minimum Gasteiger partial charge on any atom is -0.444 e. The highest BCUT2D eigenvalue weighted by Gasteiger charge is 2.37. The number of amides is 2. The maximum absolute atomic E-state index is 12.8. The van der Waals surface area contributed by atoms with E-state index in [9.17, 15) is 9.59 Å². The van der Waals surface area contributed by atoms with Crippen molar-refractivity contribution in [2.75, 3.05) is 13.6 Å². The number of hydrogen-bond acceptors (Lipinski definition) is 6. The van der Waals surface area contributed by atoms with Crippen LogP contribution in [0.2, 0.25) is 0 Å². The SMILES string of the molecule is CN(C(=O)OC(C)(C)C)[C@@H]1CCC[C@H]1c1ncc(-c2ccc(-c3ccc(-c4cnc([C@@H]5CCCN5C(=O)OC(C)(C)C)[nH]4)cc3)cc2)[nH]1. The van der Waals surface area contributed by atoms with Gasteiger partial charge in [0.05, 0.1) is 29.8 Å². The van der Waals surface area contributed by atoms with Crippen LogP contribution in [0.25, 0.3) is 33.6 Å². The number of H-pyrrole nitrogens is 2. The summed E-state index contributed by atoms with van der Waals surface area (Å²) in [6, 6.07) is 16.8. The topological polar surface area (TPSA) is 116 Å². The van der Waals surface area contributed by atoms with E-state index in [1.165, 1.54) is 0 Å². The number of aromatic nitrogens is 4. The molecule has 1 saturated heterocycles. The Balaban J connectivity index is 1.10. The van der Waals surface area contributed by atoms with Crippen molar-refractivity contribution in [3.8, 4) is 33.6 Å². The van der Waals surface area contributed by atoms with Gasteiger partial charge in [-0.15, -0.1) is 0 Å². The van der Waals surface area contributed by atoms with Crippen molar-refractivity contribution in [3.05, 3.63) is 72.6 Å². The Hall–Kier alpha value is -4.60. The molecule has 2 amide bonds. The standard InChI is InChI=1S/C38H48N6O4/c1-37(2,3)47-35(45)43(7)31-11-8-10-28(31)33-39-22-29(41-33)26-17-13-24(14-18-26)25-15-19-27(20-16-25)30-23-40-34(42-30)32-12-9-21-44(32)36(46)48-38(4,5)6/h13-20,22-23,28,31-32H,8-12,21H2,1-7H3,(H,39,41)(H,40,42)/t28-,31-,32+/m1/s1. The molecule has 6 rings (SSSR count). The number of carbonyl (C=O) groups excluding carboxylic acids is 2. The summed E-state index contributed by atoms with van der Waals surface area (Å²) in [4.78, 5) is 45.4. The van der Waals surface area contributed by atoms with Crippen LogP contribution in [0.4, 0.5) is 9.59 Å². The number of likely N-dealkylation sites (tertiary alicyclic amines) is 1. The van der Waals surface area contributed by atoms with E-state index in [1.807, 2.05) is 61.0 Å². The van der Waals surface area contributed by atoms with Gasteiger partial charge in [0.2, 0.25) is 0 Å². The Kier molecular flexibility index (Phi) is 9.11. The van der Waals surface area contributed by atoms with Gasteiger partial charge in [0.15, 0.2) is 0 Å². The van der Waals surface area contributed by atoms with Gasteiger partial charge in [-0.3, -0.25) is 4.90 Å². The molecule has 1 aliphatic heterocycles. The third kappa shape index (κ3) is 7.42. The number of ether oxygens (including phenoxy) is 2. The van der Waals surface area contributed by atoms with Crippen molar-refractivity contribution in [2.45, 2.75) is 103 Å². The largest absolute Gasteiger partial charge is 0.444 e. The van der Waals surface area contributed by atoms with Gasteiger partial charge in [-0.05, 0) is 89.5 Å². The summed E-state index contributed by atoms with van der Waals surface area (Å²) in [5.74, 6) is 1.84. The molecule has 2 fully saturated rings. The van der Waals surface area contributed by atoms with Crippen LogP contribution in [0.3, 0.4) is 0 Å². The Morgan fingerprint density at radius 1 is 0.729 bits per heavy atom. The van der Waals surface area contributed by atoms with E-state index in [0.29, 0.717) is 6.54 Å². The van der Waals surface area contributed by atoms with Gasteiger partial charge in [0.25, 0.3) is 0 Å². The minimum absolute atomic E-state index is 0.0483. The molecular weight excluding hydrogens is 604 g/mol. The molecule has 1 aliphatic carbocycles. The van der Waals surface area contributed by atoms with Crippen LogP contribution in [0.5, 0.6) is 0 Å². The molecule has 4 aromatic rings. The molecule has 2 aromatic heterocycles. The Bertz CT molecular complexity index is 1730. The van der Waals surface area contributed by atoms with Crippen molar-refractivity contribution < 1.29 is 19.1 Å². The maximum atomic E-state index is 12.8. The highest BCUT2D eigenvalue weighted by molar-refractivity contribution is 5.72. The second-order valence-corrected chi connectivity index (χ2v) is 15.0. The predicted octanol–water partition coefficient (Wildman–Crippen LogP) is 8.71. The van der Waals surface area contributed by atoms with E-state index in [1.54, 1.807) is 9.80 Å². The number of aromatic amines is 2. The quantitative estimate of drug-likeness (QED) is 0.215. The second-order valence-electron chi connectivity index (χ2n) is 15.0. The van der Waals surface area contributed by atoms with Crippen molar-refractivity contribution >= 4 is 12.2 Å². The van der Waals surface area contributed by atoms with Gasteiger partial charge in [-0.25, -0.2) is 19.6 Å². The molecule has 0 unspecified atom stereocenters. The summed E-state index contributed by atoms with van der Waals surface area (Å²) < 4.78 is 11.3. The van der Waals surface area contributed by atoms with E-state index in [0.717, 1.165) is 77.4 Å².